The van der Waals surface area contributed by atoms with E-state index >= 15 is 0 Å². The predicted octanol–water partition coefficient (Wildman–Crippen LogP) is 0.690. The first-order valence-corrected chi connectivity index (χ1v) is 4.74. The second-order valence-corrected chi connectivity index (χ2v) is 3.64. The molecule has 0 spiro atoms. The Morgan fingerprint density at radius 3 is 2.92 bits per heavy atom. The van der Waals surface area contributed by atoms with Gasteiger partial charge in [0, 0.05) is 12.1 Å². The van der Waals surface area contributed by atoms with E-state index in [1.165, 1.54) is 6.42 Å². The predicted molar refractivity (Wildman–Crippen MR) is 44.7 cm³/mol. The summed E-state index contributed by atoms with van der Waals surface area (Å²) in [5.41, 5.74) is 0. The highest BCUT2D eigenvalue weighted by Gasteiger charge is 2.43. The number of esters is 1. The van der Waals surface area contributed by atoms with Crippen molar-refractivity contribution in [2.75, 3.05) is 6.61 Å². The molecule has 2 fully saturated rings. The molecule has 2 aliphatic rings. The maximum atomic E-state index is 11.4. The lowest BCUT2D eigenvalue weighted by molar-refractivity contribution is -0.148. The zero-order chi connectivity index (χ0) is 8.55. The number of fused-ring (bicyclic) bond motifs is 2. The fourth-order valence-electron chi connectivity index (χ4n) is 2.33. The summed E-state index contributed by atoms with van der Waals surface area (Å²) in [6, 6.07) is 0.999. The summed E-state index contributed by atoms with van der Waals surface area (Å²) in [5.74, 6) is 0.140. The van der Waals surface area contributed by atoms with Crippen molar-refractivity contribution in [2.45, 2.75) is 38.3 Å². The zero-order valence-corrected chi connectivity index (χ0v) is 7.38. The van der Waals surface area contributed by atoms with E-state index in [1.54, 1.807) is 0 Å². The van der Waals surface area contributed by atoms with Gasteiger partial charge in [0.2, 0.25) is 0 Å². The largest absolute Gasteiger partial charge is 0.466 e. The summed E-state index contributed by atoms with van der Waals surface area (Å²) >= 11 is 0. The van der Waals surface area contributed by atoms with Gasteiger partial charge in [-0.1, -0.05) is 0 Å². The third-order valence-electron chi connectivity index (χ3n) is 2.89. The van der Waals surface area contributed by atoms with Crippen molar-refractivity contribution >= 4 is 5.97 Å². The minimum Gasteiger partial charge on any atom is -0.466 e. The van der Waals surface area contributed by atoms with Crippen molar-refractivity contribution in [1.29, 1.82) is 0 Å². The molecule has 3 nitrogen and oxygen atoms in total. The summed E-state index contributed by atoms with van der Waals surface area (Å²) in [6.45, 7) is 2.37. The molecule has 2 heterocycles. The molecule has 0 aromatic carbocycles. The quantitative estimate of drug-likeness (QED) is 0.618. The molecule has 2 saturated heterocycles. The van der Waals surface area contributed by atoms with Crippen LogP contribution in [-0.4, -0.2) is 24.7 Å². The number of carbonyl (C=O) groups is 1. The first-order valence-electron chi connectivity index (χ1n) is 4.74. The molecular weight excluding hydrogens is 154 g/mol. The van der Waals surface area contributed by atoms with Crippen LogP contribution >= 0.6 is 0 Å². The fourth-order valence-corrected chi connectivity index (χ4v) is 2.33. The number of hydrogen-bond acceptors (Lipinski definition) is 3. The Bertz CT molecular complexity index is 193. The first-order chi connectivity index (χ1) is 5.81. The van der Waals surface area contributed by atoms with Crippen LogP contribution < -0.4 is 5.32 Å². The average molecular weight is 169 g/mol. The van der Waals surface area contributed by atoms with Gasteiger partial charge < -0.3 is 10.1 Å². The van der Waals surface area contributed by atoms with Gasteiger partial charge in [0.05, 0.1) is 12.5 Å². The van der Waals surface area contributed by atoms with Gasteiger partial charge in [-0.2, -0.15) is 0 Å². The lowest BCUT2D eigenvalue weighted by Gasteiger charge is -2.17. The van der Waals surface area contributed by atoms with Crippen molar-refractivity contribution in [2.24, 2.45) is 5.92 Å². The highest BCUT2D eigenvalue weighted by Crippen LogP contribution is 2.33. The van der Waals surface area contributed by atoms with Crippen LogP contribution in [0.25, 0.3) is 0 Å². The smallest absolute Gasteiger partial charge is 0.310 e. The van der Waals surface area contributed by atoms with E-state index < -0.39 is 0 Å². The molecule has 2 rings (SSSR count). The Balaban J connectivity index is 1.93. The highest BCUT2D eigenvalue weighted by molar-refractivity contribution is 5.74. The average Bonchev–Trinajstić information content (AvgIpc) is 2.64. The Morgan fingerprint density at radius 1 is 1.58 bits per heavy atom. The molecule has 68 valence electrons. The summed E-state index contributed by atoms with van der Waals surface area (Å²) < 4.78 is 5.00. The third kappa shape index (κ3) is 1.22. The summed E-state index contributed by atoms with van der Waals surface area (Å²) in [4.78, 5) is 11.4. The van der Waals surface area contributed by atoms with Gasteiger partial charge in [-0.15, -0.1) is 0 Å². The Kier molecular flexibility index (Phi) is 2.05. The van der Waals surface area contributed by atoms with Gasteiger partial charge in [-0.3, -0.25) is 4.79 Å². The fraction of sp³-hybridized carbons (Fsp3) is 0.889. The van der Waals surface area contributed by atoms with Gasteiger partial charge in [-0.25, -0.2) is 0 Å². The number of carbonyl (C=O) groups excluding carboxylic acids is 1. The molecule has 0 saturated carbocycles. The van der Waals surface area contributed by atoms with Crippen LogP contribution in [0.2, 0.25) is 0 Å². The maximum absolute atomic E-state index is 11.4. The molecule has 3 heteroatoms. The van der Waals surface area contributed by atoms with Gasteiger partial charge in [-0.05, 0) is 26.2 Å². The van der Waals surface area contributed by atoms with Crippen LogP contribution in [0, 0.1) is 5.92 Å². The molecule has 2 aliphatic heterocycles. The second-order valence-electron chi connectivity index (χ2n) is 3.64. The summed E-state index contributed by atoms with van der Waals surface area (Å²) in [7, 11) is 0. The molecule has 0 aromatic heterocycles. The number of hydrogen-bond donors (Lipinski definition) is 1. The van der Waals surface area contributed by atoms with Gasteiger partial charge in [0.25, 0.3) is 0 Å². The van der Waals surface area contributed by atoms with E-state index in [9.17, 15) is 4.79 Å². The van der Waals surface area contributed by atoms with Crippen molar-refractivity contribution < 1.29 is 9.53 Å². The van der Waals surface area contributed by atoms with E-state index in [0.717, 1.165) is 12.8 Å². The molecule has 0 radical (unpaired) electrons. The Hall–Kier alpha value is -0.570. The molecule has 2 bridgehead atoms. The minimum absolute atomic E-state index is 0.00259. The van der Waals surface area contributed by atoms with Crippen LogP contribution in [0.1, 0.15) is 26.2 Å². The molecular formula is C9H15NO2. The summed E-state index contributed by atoms with van der Waals surface area (Å²) in [6.07, 6.45) is 3.37. The molecule has 0 amide bonds. The molecule has 0 aromatic rings. The third-order valence-corrected chi connectivity index (χ3v) is 2.89. The lowest BCUT2D eigenvalue weighted by Crippen LogP contribution is -2.30. The van der Waals surface area contributed by atoms with Gasteiger partial charge >= 0.3 is 5.97 Å². The van der Waals surface area contributed by atoms with Crippen molar-refractivity contribution in [3.63, 3.8) is 0 Å². The van der Waals surface area contributed by atoms with Crippen LogP contribution in [0.4, 0.5) is 0 Å². The van der Waals surface area contributed by atoms with E-state index in [2.05, 4.69) is 5.32 Å². The van der Waals surface area contributed by atoms with Gasteiger partial charge in [0.15, 0.2) is 0 Å². The SMILES string of the molecule is CCOC(=O)[C@@H]1C[C@H]2CC[C@H]1N2. The molecule has 12 heavy (non-hydrogen) atoms. The van der Waals surface area contributed by atoms with Crippen molar-refractivity contribution in [1.82, 2.24) is 5.32 Å². The molecule has 3 atom stereocenters. The topological polar surface area (TPSA) is 38.3 Å². The maximum Gasteiger partial charge on any atom is 0.310 e. The van der Waals surface area contributed by atoms with Crippen LogP contribution in [-0.2, 0) is 9.53 Å². The van der Waals surface area contributed by atoms with Crippen LogP contribution in [0.15, 0.2) is 0 Å². The standard InChI is InChI=1S/C9H15NO2/c1-2-12-9(11)7-5-6-3-4-8(7)10-6/h6-8,10H,2-5H2,1H3/t6-,7-,8-/m1/s1. The van der Waals surface area contributed by atoms with E-state index in [0.29, 0.717) is 18.7 Å². The van der Waals surface area contributed by atoms with E-state index in [-0.39, 0.29) is 11.9 Å². The minimum atomic E-state index is -0.00259. The van der Waals surface area contributed by atoms with E-state index in [1.807, 2.05) is 6.92 Å². The van der Waals surface area contributed by atoms with Crippen LogP contribution in [0.5, 0.6) is 0 Å². The van der Waals surface area contributed by atoms with Crippen LogP contribution in [0.3, 0.4) is 0 Å². The Labute approximate surface area is 72.5 Å². The zero-order valence-electron chi connectivity index (χ0n) is 7.38. The van der Waals surface area contributed by atoms with Crippen molar-refractivity contribution in [3.05, 3.63) is 0 Å². The molecule has 0 unspecified atom stereocenters. The van der Waals surface area contributed by atoms with Gasteiger partial charge in [0.1, 0.15) is 0 Å². The molecule has 1 N–H and O–H groups in total. The second kappa shape index (κ2) is 3.05. The Morgan fingerprint density at radius 2 is 2.42 bits per heavy atom. The number of ether oxygens (including phenoxy) is 1. The highest BCUT2D eigenvalue weighted by atomic mass is 16.5. The number of nitrogens with one attached hydrogen (secondary N) is 1. The monoisotopic (exact) mass is 169 g/mol. The van der Waals surface area contributed by atoms with Crippen molar-refractivity contribution in [3.8, 4) is 0 Å². The molecule has 0 aliphatic carbocycles. The normalized spacial score (nSPS) is 38.6. The first kappa shape index (κ1) is 8.05. The van der Waals surface area contributed by atoms with E-state index in [4.69, 9.17) is 4.74 Å². The number of rotatable bonds is 2. The lowest BCUT2D eigenvalue weighted by atomic mass is 9.89. The summed E-state index contributed by atoms with van der Waals surface area (Å²) in [5, 5.41) is 3.42.